The van der Waals surface area contributed by atoms with Gasteiger partial charge in [-0.05, 0) is 308 Å². The molecule has 0 saturated heterocycles. The van der Waals surface area contributed by atoms with Gasteiger partial charge in [-0.25, -0.2) is 0 Å². The monoisotopic (exact) mass is 1890 g/mol. The lowest BCUT2D eigenvalue weighted by molar-refractivity contribution is 0.668. The number of benzene rings is 28. The van der Waals surface area contributed by atoms with Crippen molar-refractivity contribution in [1.82, 2.24) is 0 Å². The molecule has 0 radical (unpaired) electrons. The molecule has 0 bridgehead atoms. The zero-order chi connectivity index (χ0) is 98.1. The Bertz CT molecular complexity index is 10700. The van der Waals surface area contributed by atoms with E-state index in [9.17, 15) is 0 Å². The molecule has 0 aliphatic heterocycles. The van der Waals surface area contributed by atoms with Crippen molar-refractivity contribution in [2.24, 2.45) is 0 Å². The Morgan fingerprint density at radius 2 is 0.423 bits per heavy atom. The maximum atomic E-state index is 6.56. The minimum Gasteiger partial charge on any atom is -0.456 e. The first-order valence-electron chi connectivity index (χ1n) is 51.3. The Labute approximate surface area is 859 Å². The normalized spacial score (nSPS) is 11.8. The van der Waals surface area contributed by atoms with E-state index in [0.717, 1.165) is 93.6 Å². The van der Waals surface area contributed by atoms with Crippen molar-refractivity contribution in [2.75, 3.05) is 0 Å². The van der Waals surface area contributed by atoms with Crippen LogP contribution in [0.15, 0.2) is 559 Å². The lowest BCUT2D eigenvalue weighted by Crippen LogP contribution is -1.94. The third-order valence-corrected chi connectivity index (χ3v) is 31.0. The molecule has 692 valence electrons. The van der Waals surface area contributed by atoms with Gasteiger partial charge in [0.15, 0.2) is 0 Å². The Morgan fingerprint density at radius 3 is 0.973 bits per heavy atom. The number of para-hydroxylation sites is 2. The van der Waals surface area contributed by atoms with Gasteiger partial charge in [0.25, 0.3) is 0 Å². The van der Waals surface area contributed by atoms with Crippen molar-refractivity contribution < 1.29 is 13.3 Å². The number of furan rings is 3. The topological polar surface area (TPSA) is 39.4 Å². The molecule has 3 heterocycles. The molecule has 0 fully saturated rings. The molecule has 3 aromatic heterocycles. The highest BCUT2D eigenvalue weighted by Crippen LogP contribution is 2.55. The van der Waals surface area contributed by atoms with E-state index in [4.69, 9.17) is 13.3 Å². The molecule has 31 aromatic rings. The summed E-state index contributed by atoms with van der Waals surface area (Å²) >= 11 is 0. The quantitative estimate of drug-likeness (QED) is 0.0957. The Balaban J connectivity index is 0.000000105. The molecular weight excluding hydrogens is 1800 g/mol. The summed E-state index contributed by atoms with van der Waals surface area (Å²) in [6.07, 6.45) is 0. The van der Waals surface area contributed by atoms with Crippen LogP contribution in [0.4, 0.5) is 0 Å². The molecule has 0 atom stereocenters. The van der Waals surface area contributed by atoms with Gasteiger partial charge >= 0.3 is 0 Å². The van der Waals surface area contributed by atoms with Crippen LogP contribution in [0, 0.1) is 0 Å². The molecular formula is C146H90O3. The van der Waals surface area contributed by atoms with Gasteiger partial charge in [-0.2, -0.15) is 0 Å². The summed E-state index contributed by atoms with van der Waals surface area (Å²) in [5.74, 6) is 0. The maximum absolute atomic E-state index is 6.56. The standard InChI is InChI=1S/C52H32O.C48H30O.C46H28O/c1-2-15-34(16-3-1)46-32-50-47(40-22-12-13-28-49(40)53-50)31-48(46)52-43-25-10-8-23-41(43)51(42-24-9-11-26-44(42)52)45-30-29-39(37-20-6-7-21-38(37)45)36-27-14-18-33-17-4-5-19-35(33)36;1-3-12-31(13-4-1)34-24-26-38-44-29-36(25-27-45(44)49-46(38)30-34)48-41-19-9-7-17-39(41)47(40-18-8-10-20-42(40)48)35-23-22-33-16-11-21-37(43(33)28-35)32-14-5-2-6-15-32;1-2-14-29(15-3-1)40-27-31(28-42-35-20-12-13-25-43(35)47-46(40)42)44-36-21-8-10-23-38(36)45(39-24-11-9-22-37(39)44)41-26-30-16-4-5-17-32(30)33-18-6-7-19-34(33)41/h1-32H;1-30H;1-28H. The van der Waals surface area contributed by atoms with Crippen molar-refractivity contribution in [3.05, 3.63) is 546 Å². The fraction of sp³-hybridized carbons (Fsp3) is 0. The van der Waals surface area contributed by atoms with Crippen LogP contribution in [-0.2, 0) is 0 Å². The third kappa shape index (κ3) is 14.5. The van der Waals surface area contributed by atoms with Gasteiger partial charge in [-0.3, -0.25) is 0 Å². The molecule has 149 heavy (non-hydrogen) atoms. The van der Waals surface area contributed by atoms with E-state index in [1.165, 1.54) is 213 Å². The summed E-state index contributed by atoms with van der Waals surface area (Å²) in [6.45, 7) is 0. The first-order chi connectivity index (χ1) is 73.9. The molecule has 0 N–H and O–H groups in total. The molecule has 0 aliphatic rings. The SMILES string of the molecule is c1ccc(-c2cc(-c3c4ccccc4c(-c4cc5ccccc5c5ccccc45)c4ccccc34)cc3c2oc2ccccc23)cc1.c1ccc(-c2cc3oc4ccccc4c3cc2-c2c3ccccc3c(-c3ccc(-c4cccc5ccccc45)c4ccccc34)c3ccccc23)cc1.c1ccc(-c2ccc3c(c2)oc2ccc(-c4c5ccccc5c(-c5ccc6cccc(-c7ccccc7)c6c5)c5ccccc45)cc23)cc1. The van der Waals surface area contributed by atoms with Crippen LogP contribution in [-0.4, -0.2) is 0 Å². The number of hydrogen-bond acceptors (Lipinski definition) is 3. The van der Waals surface area contributed by atoms with Crippen molar-refractivity contribution in [1.29, 1.82) is 0 Å². The molecule has 0 amide bonds. The maximum Gasteiger partial charge on any atom is 0.143 e. The van der Waals surface area contributed by atoms with Crippen LogP contribution in [0.3, 0.4) is 0 Å². The fourth-order valence-corrected chi connectivity index (χ4v) is 24.3. The van der Waals surface area contributed by atoms with Gasteiger partial charge < -0.3 is 13.3 Å². The van der Waals surface area contributed by atoms with E-state index in [0.29, 0.717) is 0 Å². The summed E-state index contributed by atoms with van der Waals surface area (Å²) < 4.78 is 19.5. The van der Waals surface area contributed by atoms with Gasteiger partial charge in [-0.15, -0.1) is 0 Å². The lowest BCUT2D eigenvalue weighted by Gasteiger charge is -2.21. The molecule has 3 nitrogen and oxygen atoms in total. The molecule has 0 unspecified atom stereocenters. The highest BCUT2D eigenvalue weighted by molar-refractivity contribution is 6.30. The van der Waals surface area contributed by atoms with Gasteiger partial charge in [-0.1, -0.05) is 473 Å². The Hall–Kier alpha value is -19.6. The van der Waals surface area contributed by atoms with Gasteiger partial charge in [0.05, 0.1) is 0 Å². The van der Waals surface area contributed by atoms with Gasteiger partial charge in [0.1, 0.15) is 33.5 Å². The molecule has 3 heteroatoms. The zero-order valence-electron chi connectivity index (χ0n) is 81.2. The van der Waals surface area contributed by atoms with E-state index in [1.807, 2.05) is 18.2 Å². The van der Waals surface area contributed by atoms with Gasteiger partial charge in [0.2, 0.25) is 0 Å². The summed E-state index contributed by atoms with van der Waals surface area (Å²) in [5.41, 5.74) is 32.2. The van der Waals surface area contributed by atoms with Crippen molar-refractivity contribution >= 4 is 184 Å². The van der Waals surface area contributed by atoms with E-state index in [2.05, 4.69) is 528 Å². The predicted octanol–water partition coefficient (Wildman–Crippen LogP) is 41.8. The number of rotatable bonds is 11. The highest BCUT2D eigenvalue weighted by Gasteiger charge is 2.28. The highest BCUT2D eigenvalue weighted by atomic mass is 16.3. The molecule has 0 aliphatic carbocycles. The second-order valence-electron chi connectivity index (χ2n) is 39.2. The van der Waals surface area contributed by atoms with E-state index >= 15 is 0 Å². The number of hydrogen-bond donors (Lipinski definition) is 0. The zero-order valence-corrected chi connectivity index (χ0v) is 81.2. The van der Waals surface area contributed by atoms with Crippen LogP contribution in [0.1, 0.15) is 0 Å². The fourth-order valence-electron chi connectivity index (χ4n) is 24.3. The average molecular weight is 1890 g/mol. The first-order valence-corrected chi connectivity index (χ1v) is 51.3. The summed E-state index contributed by atoms with van der Waals surface area (Å²) in [6, 6.07) is 198. The third-order valence-electron chi connectivity index (χ3n) is 31.0. The largest absolute Gasteiger partial charge is 0.456 e. The van der Waals surface area contributed by atoms with Crippen LogP contribution in [0.2, 0.25) is 0 Å². The van der Waals surface area contributed by atoms with Crippen molar-refractivity contribution in [2.45, 2.75) is 0 Å². The van der Waals surface area contributed by atoms with Gasteiger partial charge in [0, 0.05) is 37.9 Å². The van der Waals surface area contributed by atoms with Crippen LogP contribution in [0.5, 0.6) is 0 Å². The summed E-state index contributed by atoms with van der Waals surface area (Å²) in [7, 11) is 0. The predicted molar refractivity (Wildman–Crippen MR) is 634 cm³/mol. The molecule has 0 spiro atoms. The van der Waals surface area contributed by atoms with E-state index < -0.39 is 0 Å². The Kier molecular flexibility index (Phi) is 20.7. The van der Waals surface area contributed by atoms with Crippen LogP contribution < -0.4 is 0 Å². The van der Waals surface area contributed by atoms with E-state index in [1.54, 1.807) is 0 Å². The smallest absolute Gasteiger partial charge is 0.143 e. The summed E-state index contributed by atoms with van der Waals surface area (Å²) in [4.78, 5) is 0. The van der Waals surface area contributed by atoms with Crippen molar-refractivity contribution in [3.63, 3.8) is 0 Å². The van der Waals surface area contributed by atoms with Crippen LogP contribution in [0.25, 0.3) is 307 Å². The molecule has 28 aromatic carbocycles. The molecule has 31 rings (SSSR count). The number of fused-ring (bicyclic) bond motifs is 21. The summed E-state index contributed by atoms with van der Waals surface area (Å²) in [5, 5.41) is 34.3. The Morgan fingerprint density at radius 1 is 0.0940 bits per heavy atom. The average Bonchev–Trinajstić information content (AvgIpc) is 1.66. The lowest BCUT2D eigenvalue weighted by atomic mass is 9.82. The minimum atomic E-state index is 0.900. The first kappa shape index (κ1) is 86.1. The second kappa shape index (κ2) is 35.8. The second-order valence-corrected chi connectivity index (χ2v) is 39.2. The van der Waals surface area contributed by atoms with Crippen molar-refractivity contribution in [3.8, 4) is 122 Å². The van der Waals surface area contributed by atoms with E-state index in [-0.39, 0.29) is 0 Å². The molecule has 0 saturated carbocycles. The van der Waals surface area contributed by atoms with Crippen LogP contribution >= 0.6 is 0 Å². The minimum absolute atomic E-state index is 0.900.